The molecule has 0 saturated carbocycles. The Morgan fingerprint density at radius 3 is 2.67 bits per heavy atom. The Morgan fingerprint density at radius 2 is 2.11 bits per heavy atom. The van der Waals surface area contributed by atoms with Gasteiger partial charge in [-0.25, -0.2) is 4.39 Å². The van der Waals surface area contributed by atoms with E-state index < -0.39 is 0 Å². The molecule has 100 valence electrons. The van der Waals surface area contributed by atoms with Gasteiger partial charge in [0.05, 0.1) is 4.47 Å². The number of rotatable bonds is 4. The van der Waals surface area contributed by atoms with Crippen LogP contribution in [0.4, 0.5) is 10.1 Å². The average Bonchev–Trinajstić information content (AvgIpc) is 2.25. The molecule has 0 bridgehead atoms. The highest BCUT2D eigenvalue weighted by Gasteiger charge is 2.14. The molecule has 0 fully saturated rings. The molecule has 0 spiro atoms. The summed E-state index contributed by atoms with van der Waals surface area (Å²) in [5, 5.41) is 2.75. The van der Waals surface area contributed by atoms with Crippen molar-refractivity contribution in [2.24, 2.45) is 11.7 Å². The molecule has 5 heteroatoms. The third kappa shape index (κ3) is 4.07. The van der Waals surface area contributed by atoms with E-state index in [2.05, 4.69) is 21.2 Å². The van der Waals surface area contributed by atoms with Gasteiger partial charge in [0.1, 0.15) is 5.82 Å². The molecule has 1 atom stereocenters. The summed E-state index contributed by atoms with van der Waals surface area (Å²) >= 11 is 3.09. The number of nitrogens with two attached hydrogens (primary N) is 1. The van der Waals surface area contributed by atoms with Crippen LogP contribution in [-0.2, 0) is 4.79 Å². The molecule has 0 aliphatic heterocycles. The van der Waals surface area contributed by atoms with E-state index >= 15 is 0 Å². The fourth-order valence-electron chi connectivity index (χ4n) is 1.43. The highest BCUT2D eigenvalue weighted by molar-refractivity contribution is 9.10. The predicted molar refractivity (Wildman–Crippen MR) is 74.9 cm³/mol. The molecule has 0 aliphatic carbocycles. The second-order valence-electron chi connectivity index (χ2n) is 4.74. The lowest BCUT2D eigenvalue weighted by molar-refractivity contribution is -0.116. The summed E-state index contributed by atoms with van der Waals surface area (Å²) in [6.45, 7) is 5.68. The second kappa shape index (κ2) is 6.29. The van der Waals surface area contributed by atoms with Gasteiger partial charge in [-0.1, -0.05) is 13.8 Å². The number of benzene rings is 1. The molecular formula is C13H18BrFN2O. The van der Waals surface area contributed by atoms with Crippen molar-refractivity contribution in [2.45, 2.75) is 33.2 Å². The number of nitrogens with one attached hydrogen (secondary N) is 1. The first kappa shape index (κ1) is 15.1. The summed E-state index contributed by atoms with van der Waals surface area (Å²) in [5.74, 6) is -0.251. The van der Waals surface area contributed by atoms with Crippen LogP contribution in [0.25, 0.3) is 0 Å². The Balaban J connectivity index is 2.73. The fourth-order valence-corrected chi connectivity index (χ4v) is 1.78. The highest BCUT2D eigenvalue weighted by Crippen LogP contribution is 2.24. The lowest BCUT2D eigenvalue weighted by Crippen LogP contribution is -2.31. The van der Waals surface area contributed by atoms with Gasteiger partial charge in [-0.05, 0) is 46.5 Å². The molecule has 1 unspecified atom stereocenters. The fraction of sp³-hybridized carbons (Fsp3) is 0.462. The summed E-state index contributed by atoms with van der Waals surface area (Å²) in [4.78, 5) is 11.8. The third-order valence-corrected chi connectivity index (χ3v) is 3.43. The number of amides is 1. The van der Waals surface area contributed by atoms with E-state index in [9.17, 15) is 9.18 Å². The number of hydrogen-bond acceptors (Lipinski definition) is 2. The van der Waals surface area contributed by atoms with Gasteiger partial charge in [0.25, 0.3) is 0 Å². The zero-order valence-corrected chi connectivity index (χ0v) is 12.3. The average molecular weight is 317 g/mol. The first-order valence-corrected chi connectivity index (χ1v) is 6.61. The topological polar surface area (TPSA) is 55.1 Å². The van der Waals surface area contributed by atoms with Gasteiger partial charge in [-0.15, -0.1) is 0 Å². The molecule has 0 heterocycles. The zero-order valence-electron chi connectivity index (χ0n) is 10.8. The molecule has 1 aromatic rings. The second-order valence-corrected chi connectivity index (χ2v) is 5.60. The number of carbonyl (C=O) groups excluding carboxylic acids is 1. The Bertz CT molecular complexity index is 449. The van der Waals surface area contributed by atoms with E-state index in [4.69, 9.17) is 5.73 Å². The van der Waals surface area contributed by atoms with Crippen LogP contribution in [0.5, 0.6) is 0 Å². The minimum atomic E-state index is -0.343. The molecular weight excluding hydrogens is 299 g/mol. The van der Waals surface area contributed by atoms with Gasteiger partial charge in [0.15, 0.2) is 0 Å². The van der Waals surface area contributed by atoms with Crippen LogP contribution in [0.15, 0.2) is 16.6 Å². The molecule has 18 heavy (non-hydrogen) atoms. The normalized spacial score (nSPS) is 12.6. The monoisotopic (exact) mass is 316 g/mol. The molecule has 0 saturated heterocycles. The first-order chi connectivity index (χ1) is 8.31. The quantitative estimate of drug-likeness (QED) is 0.896. The Hall–Kier alpha value is -0.940. The molecule has 1 amide bonds. The van der Waals surface area contributed by atoms with Crippen molar-refractivity contribution in [1.29, 1.82) is 0 Å². The Morgan fingerprint density at radius 1 is 1.50 bits per heavy atom. The molecule has 0 aliphatic rings. The number of carbonyl (C=O) groups is 1. The highest BCUT2D eigenvalue weighted by atomic mass is 79.9. The van der Waals surface area contributed by atoms with Gasteiger partial charge in [-0.3, -0.25) is 4.79 Å². The van der Waals surface area contributed by atoms with Crippen molar-refractivity contribution in [2.75, 3.05) is 5.32 Å². The van der Waals surface area contributed by atoms with Crippen LogP contribution >= 0.6 is 15.9 Å². The maximum Gasteiger partial charge on any atom is 0.225 e. The largest absolute Gasteiger partial charge is 0.327 e. The lowest BCUT2D eigenvalue weighted by Gasteiger charge is -2.16. The summed E-state index contributed by atoms with van der Waals surface area (Å²) < 4.78 is 13.6. The summed E-state index contributed by atoms with van der Waals surface area (Å²) in [5.41, 5.74) is 7.12. The van der Waals surface area contributed by atoms with Crippen LogP contribution in [0.1, 0.15) is 25.8 Å². The molecule has 0 aromatic heterocycles. The van der Waals surface area contributed by atoms with E-state index in [0.717, 1.165) is 0 Å². The maximum atomic E-state index is 13.2. The molecule has 0 radical (unpaired) electrons. The van der Waals surface area contributed by atoms with Crippen molar-refractivity contribution >= 4 is 27.5 Å². The summed E-state index contributed by atoms with van der Waals surface area (Å²) in [7, 11) is 0. The van der Waals surface area contributed by atoms with Gasteiger partial charge in [-0.2, -0.15) is 0 Å². The minimum Gasteiger partial charge on any atom is -0.327 e. The zero-order chi connectivity index (χ0) is 13.9. The molecule has 3 N–H and O–H groups in total. The SMILES string of the molecule is Cc1cc(F)c(Br)cc1NC(=O)CC(N)C(C)C. The van der Waals surface area contributed by atoms with Gasteiger partial charge in [0, 0.05) is 18.2 Å². The van der Waals surface area contributed by atoms with Crippen LogP contribution in [0, 0.1) is 18.7 Å². The molecule has 3 nitrogen and oxygen atoms in total. The van der Waals surface area contributed by atoms with Crippen molar-refractivity contribution in [3.63, 3.8) is 0 Å². The van der Waals surface area contributed by atoms with Gasteiger partial charge < -0.3 is 11.1 Å². The van der Waals surface area contributed by atoms with E-state index in [1.165, 1.54) is 6.07 Å². The van der Waals surface area contributed by atoms with Gasteiger partial charge >= 0.3 is 0 Å². The number of halogens is 2. The number of anilines is 1. The van der Waals surface area contributed by atoms with E-state index in [1.807, 2.05) is 13.8 Å². The van der Waals surface area contributed by atoms with Crippen molar-refractivity contribution in [3.05, 3.63) is 28.0 Å². The van der Waals surface area contributed by atoms with Gasteiger partial charge in [0.2, 0.25) is 5.91 Å². The summed E-state index contributed by atoms with van der Waals surface area (Å²) in [6.07, 6.45) is 0.256. The Labute approximate surface area is 115 Å². The van der Waals surface area contributed by atoms with Crippen LogP contribution < -0.4 is 11.1 Å². The minimum absolute atomic E-state index is 0.155. The molecule has 1 aromatic carbocycles. The van der Waals surface area contributed by atoms with Crippen LogP contribution in [0.3, 0.4) is 0 Å². The lowest BCUT2D eigenvalue weighted by atomic mass is 10.0. The number of hydrogen-bond donors (Lipinski definition) is 2. The van der Waals surface area contributed by atoms with Crippen molar-refractivity contribution in [3.8, 4) is 0 Å². The van der Waals surface area contributed by atoms with E-state index in [1.54, 1.807) is 13.0 Å². The maximum absolute atomic E-state index is 13.2. The molecule has 1 rings (SSSR count). The first-order valence-electron chi connectivity index (χ1n) is 5.82. The summed E-state index contributed by atoms with van der Waals surface area (Å²) in [6, 6.07) is 2.76. The van der Waals surface area contributed by atoms with E-state index in [-0.39, 0.29) is 30.1 Å². The van der Waals surface area contributed by atoms with Crippen LogP contribution in [0.2, 0.25) is 0 Å². The standard InChI is InChI=1S/C13H18BrFN2O/c1-7(2)11(16)6-13(18)17-12-5-9(14)10(15)4-8(12)3/h4-5,7,11H,6,16H2,1-3H3,(H,17,18). The van der Waals surface area contributed by atoms with Crippen LogP contribution in [-0.4, -0.2) is 11.9 Å². The number of aryl methyl sites for hydroxylation is 1. The third-order valence-electron chi connectivity index (χ3n) is 2.82. The van der Waals surface area contributed by atoms with Crippen molar-refractivity contribution in [1.82, 2.24) is 0 Å². The van der Waals surface area contributed by atoms with E-state index in [0.29, 0.717) is 15.7 Å². The Kier molecular flexibility index (Phi) is 5.28. The predicted octanol–water partition coefficient (Wildman–Crippen LogP) is 3.21. The smallest absolute Gasteiger partial charge is 0.225 e. The van der Waals surface area contributed by atoms with Crippen molar-refractivity contribution < 1.29 is 9.18 Å².